The summed E-state index contributed by atoms with van der Waals surface area (Å²) < 4.78 is 5.42. The Bertz CT molecular complexity index is 1240. The number of pyridine rings is 1. The molecule has 1 unspecified atom stereocenters. The van der Waals surface area contributed by atoms with Crippen LogP contribution in [0.5, 0.6) is 11.5 Å². The number of hydrogen-bond acceptors (Lipinski definition) is 8. The number of carbonyl (C=O) groups is 2. The van der Waals surface area contributed by atoms with E-state index in [4.69, 9.17) is 15.3 Å². The van der Waals surface area contributed by atoms with Crippen LogP contribution in [-0.2, 0) is 4.79 Å². The van der Waals surface area contributed by atoms with E-state index in [0.29, 0.717) is 33.9 Å². The van der Waals surface area contributed by atoms with Gasteiger partial charge in [0.15, 0.2) is 17.3 Å². The van der Waals surface area contributed by atoms with Gasteiger partial charge < -0.3 is 20.6 Å². The number of carbonyl (C=O) groups excluding carboxylic acids is 2. The smallest absolute Gasteiger partial charge is 0.269 e. The van der Waals surface area contributed by atoms with Crippen LogP contribution in [0.2, 0.25) is 0 Å². The van der Waals surface area contributed by atoms with Gasteiger partial charge in [0.05, 0.1) is 7.11 Å². The maximum atomic E-state index is 13.6. The van der Waals surface area contributed by atoms with Gasteiger partial charge in [0.1, 0.15) is 6.04 Å². The first kappa shape index (κ1) is 22.6. The lowest BCUT2D eigenvalue weighted by atomic mass is 9.98. The van der Waals surface area contributed by atoms with Crippen molar-refractivity contribution in [3.05, 3.63) is 83.2 Å². The zero-order valence-corrected chi connectivity index (χ0v) is 18.9. The van der Waals surface area contributed by atoms with Gasteiger partial charge >= 0.3 is 0 Å². The van der Waals surface area contributed by atoms with E-state index in [9.17, 15) is 9.59 Å². The molecule has 2 aliphatic heterocycles. The van der Waals surface area contributed by atoms with Gasteiger partial charge in [-0.15, -0.1) is 0 Å². The first-order valence-electron chi connectivity index (χ1n) is 10.4. The third-order valence-corrected chi connectivity index (χ3v) is 5.39. The van der Waals surface area contributed by atoms with Crippen molar-refractivity contribution in [1.82, 2.24) is 15.4 Å². The van der Waals surface area contributed by atoms with E-state index in [1.807, 2.05) is 6.92 Å². The molecule has 1 atom stereocenters. The second-order valence-corrected chi connectivity index (χ2v) is 7.66. The van der Waals surface area contributed by atoms with E-state index < -0.39 is 17.9 Å². The minimum atomic E-state index is -0.859. The van der Waals surface area contributed by atoms with E-state index in [1.54, 1.807) is 48.5 Å². The second-order valence-electron chi connectivity index (χ2n) is 7.66. The summed E-state index contributed by atoms with van der Waals surface area (Å²) in [6, 6.07) is 12.8. The molecule has 4 bridgehead atoms. The molecule has 0 saturated heterocycles. The van der Waals surface area contributed by atoms with Crippen molar-refractivity contribution in [2.24, 2.45) is 10.9 Å². The van der Waals surface area contributed by atoms with Crippen LogP contribution in [0.25, 0.3) is 0 Å². The molecule has 1 aromatic heterocycles. The van der Waals surface area contributed by atoms with Crippen molar-refractivity contribution in [3.63, 3.8) is 0 Å². The predicted molar refractivity (Wildman–Crippen MR) is 126 cm³/mol. The number of anilines is 1. The monoisotopic (exact) mass is 460 g/mol. The molecular formula is C24H24N6O4. The summed E-state index contributed by atoms with van der Waals surface area (Å²) >= 11 is 0. The molecule has 0 fully saturated rings. The van der Waals surface area contributed by atoms with Gasteiger partial charge in [0, 0.05) is 36.3 Å². The Kier molecular flexibility index (Phi) is 6.30. The summed E-state index contributed by atoms with van der Waals surface area (Å²) in [7, 11) is 3.00. The number of oxime groups is 1. The number of amidine groups is 1. The Morgan fingerprint density at radius 2 is 1.85 bits per heavy atom. The van der Waals surface area contributed by atoms with Crippen LogP contribution < -0.4 is 26.1 Å². The van der Waals surface area contributed by atoms with E-state index in [2.05, 4.69) is 20.9 Å². The fourth-order valence-corrected chi connectivity index (χ4v) is 3.52. The highest BCUT2D eigenvalue weighted by molar-refractivity contribution is 5.98. The lowest BCUT2D eigenvalue weighted by Crippen LogP contribution is -2.47. The fourth-order valence-electron chi connectivity index (χ4n) is 3.52. The van der Waals surface area contributed by atoms with Gasteiger partial charge in [-0.25, -0.2) is 0 Å². The Labute approximate surface area is 196 Å². The minimum absolute atomic E-state index is 0.197. The largest absolute Gasteiger partial charge is 0.493 e. The molecule has 4 N–H and O–H groups in total. The zero-order chi connectivity index (χ0) is 24.2. The summed E-state index contributed by atoms with van der Waals surface area (Å²) in [5.74, 6) is 0.0998. The summed E-state index contributed by atoms with van der Waals surface area (Å²) in [6.07, 6.45) is 3.01. The van der Waals surface area contributed by atoms with Gasteiger partial charge in [0.25, 0.3) is 11.8 Å². The number of nitrogens with one attached hydrogen (secondary N) is 2. The first-order valence-corrected chi connectivity index (χ1v) is 10.4. The molecule has 34 heavy (non-hydrogen) atoms. The van der Waals surface area contributed by atoms with Crippen LogP contribution in [0.3, 0.4) is 0 Å². The molecule has 174 valence electrons. The molecule has 3 heterocycles. The topological polar surface area (TPSA) is 131 Å². The van der Waals surface area contributed by atoms with Crippen LogP contribution in [-0.4, -0.2) is 41.8 Å². The predicted octanol–water partition coefficient (Wildman–Crippen LogP) is 2.37. The number of ether oxygens (including phenoxy) is 1. The van der Waals surface area contributed by atoms with Gasteiger partial charge in [-0.1, -0.05) is 5.16 Å². The quantitative estimate of drug-likeness (QED) is 0.512. The number of aromatic nitrogens is 1. The Balaban J connectivity index is 1.73. The molecule has 0 spiro atoms. The lowest BCUT2D eigenvalue weighted by Gasteiger charge is -2.27. The van der Waals surface area contributed by atoms with E-state index >= 15 is 0 Å². The van der Waals surface area contributed by atoms with E-state index in [-0.39, 0.29) is 5.84 Å². The minimum Gasteiger partial charge on any atom is -0.493 e. The highest BCUT2D eigenvalue weighted by Crippen LogP contribution is 2.35. The van der Waals surface area contributed by atoms with Gasteiger partial charge in [-0.3, -0.25) is 25.0 Å². The number of amides is 2. The lowest BCUT2D eigenvalue weighted by molar-refractivity contribution is -0.133. The molecule has 2 amide bonds. The second kappa shape index (κ2) is 9.49. The normalized spacial score (nSPS) is 14.4. The maximum absolute atomic E-state index is 13.6. The van der Waals surface area contributed by atoms with Crippen LogP contribution >= 0.6 is 0 Å². The molecule has 5 rings (SSSR count). The summed E-state index contributed by atoms with van der Waals surface area (Å²) in [4.78, 5) is 35.6. The number of rotatable bonds is 3. The number of fused-ring (bicyclic) bond motifs is 4. The zero-order valence-electron chi connectivity index (χ0n) is 18.9. The Morgan fingerprint density at radius 1 is 1.15 bits per heavy atom. The number of methoxy groups -OCH3 is 1. The SMILES string of the molecule is COc1cc(C)c2cc1ON=C(N)c1ccc(cc1)NC2C(=O)N(C)NC(=O)c1ccncc1. The van der Waals surface area contributed by atoms with Crippen molar-refractivity contribution < 1.29 is 19.2 Å². The highest BCUT2D eigenvalue weighted by atomic mass is 16.6. The average molecular weight is 460 g/mol. The number of nitrogens with two attached hydrogens (primary N) is 1. The van der Waals surface area contributed by atoms with Crippen molar-refractivity contribution in [3.8, 4) is 11.5 Å². The first-order chi connectivity index (χ1) is 16.4. The third-order valence-electron chi connectivity index (χ3n) is 5.39. The number of hydrazine groups is 1. The van der Waals surface area contributed by atoms with Crippen LogP contribution in [0, 0.1) is 6.92 Å². The number of nitrogens with zero attached hydrogens (tertiary/aromatic N) is 3. The van der Waals surface area contributed by atoms with Crippen molar-refractivity contribution in [2.45, 2.75) is 13.0 Å². The maximum Gasteiger partial charge on any atom is 0.269 e. The summed E-state index contributed by atoms with van der Waals surface area (Å²) in [5.41, 5.74) is 11.8. The van der Waals surface area contributed by atoms with Gasteiger partial charge in [0.2, 0.25) is 0 Å². The number of aryl methyl sites for hydroxylation is 1. The number of hydrogen-bond donors (Lipinski definition) is 3. The molecule has 3 aromatic rings. The standard InChI is InChI=1S/C24H24N6O4/c1-14-12-19(33-3)20-13-18(14)21(27-17-6-4-15(5-7-17)22(25)29-34-20)24(32)30(2)28-23(31)16-8-10-26-11-9-16/h4-13,21,27H,1-3H3,(H2,25,29)(H,28,31). The summed E-state index contributed by atoms with van der Waals surface area (Å²) in [5, 5.41) is 8.42. The summed E-state index contributed by atoms with van der Waals surface area (Å²) in [6.45, 7) is 1.85. The van der Waals surface area contributed by atoms with E-state index in [0.717, 1.165) is 10.6 Å². The van der Waals surface area contributed by atoms with Crippen molar-refractivity contribution in [1.29, 1.82) is 0 Å². The van der Waals surface area contributed by atoms with E-state index in [1.165, 1.54) is 26.6 Å². The van der Waals surface area contributed by atoms with Crippen LogP contribution in [0.15, 0.2) is 66.1 Å². The molecule has 0 aliphatic carbocycles. The van der Waals surface area contributed by atoms with Crippen molar-refractivity contribution in [2.75, 3.05) is 19.5 Å². The molecule has 2 aliphatic rings. The fraction of sp³-hybridized carbons (Fsp3) is 0.167. The van der Waals surface area contributed by atoms with Gasteiger partial charge in [-0.05, 0) is 66.6 Å². The molecule has 10 heteroatoms. The number of likely N-dealkylation sites (N-methyl/N-ethyl adjacent to an activating group) is 1. The van der Waals surface area contributed by atoms with Crippen LogP contribution in [0.4, 0.5) is 5.69 Å². The Morgan fingerprint density at radius 3 is 2.53 bits per heavy atom. The van der Waals surface area contributed by atoms with Gasteiger partial charge in [-0.2, -0.15) is 0 Å². The van der Waals surface area contributed by atoms with Crippen LogP contribution in [0.1, 0.15) is 33.1 Å². The average Bonchev–Trinajstić information content (AvgIpc) is 2.86. The highest BCUT2D eigenvalue weighted by Gasteiger charge is 2.29. The van der Waals surface area contributed by atoms with Crippen molar-refractivity contribution >= 4 is 23.3 Å². The Hall–Kier alpha value is -4.60. The molecule has 0 saturated carbocycles. The molecule has 10 nitrogen and oxygen atoms in total. The third kappa shape index (κ3) is 4.60. The molecular weight excluding hydrogens is 436 g/mol. The number of benzene rings is 2. The molecule has 2 aromatic carbocycles. The molecule has 0 radical (unpaired) electrons.